The first kappa shape index (κ1) is 23.9. The molecule has 0 unspecified atom stereocenters. The molecular weight excluding hydrogens is 431 g/mol. The molecule has 0 atom stereocenters. The second kappa shape index (κ2) is 11.2. The maximum Gasteiger partial charge on any atom is 0.211 e. The minimum absolute atomic E-state index is 0. The van der Waals surface area contributed by atoms with E-state index in [-0.39, 0.29) is 18.4 Å². The number of hydrogen-bond acceptors (Lipinski definition) is 4. The molecule has 3 aromatic rings. The molecule has 0 radical (unpaired) electrons. The van der Waals surface area contributed by atoms with E-state index in [2.05, 4.69) is 32.9 Å². The van der Waals surface area contributed by atoms with Gasteiger partial charge >= 0.3 is 0 Å². The van der Waals surface area contributed by atoms with Crippen molar-refractivity contribution in [2.24, 2.45) is 26.8 Å². The number of benzene rings is 3. The number of hydrazone groups is 1. The summed E-state index contributed by atoms with van der Waals surface area (Å²) in [7, 11) is 0. The molecule has 0 aliphatic carbocycles. The van der Waals surface area contributed by atoms with Gasteiger partial charge in [0.1, 0.15) is 0 Å². The number of hydrogen-bond donors (Lipinski definition) is 3. The molecule has 0 bridgehead atoms. The number of nitrogens with one attached hydrogen (secondary N) is 1. The summed E-state index contributed by atoms with van der Waals surface area (Å²) in [6.07, 6.45) is 0. The lowest BCUT2D eigenvalue weighted by atomic mass is 10.0. The van der Waals surface area contributed by atoms with Crippen LogP contribution in [-0.4, -0.2) is 17.4 Å². The van der Waals surface area contributed by atoms with Gasteiger partial charge in [-0.2, -0.15) is 10.2 Å². The minimum Gasteiger partial charge on any atom is -0.369 e. The Morgan fingerprint density at radius 2 is 1.26 bits per heavy atom. The zero-order valence-corrected chi connectivity index (χ0v) is 18.8. The summed E-state index contributed by atoms with van der Waals surface area (Å²) >= 11 is 6.15. The van der Waals surface area contributed by atoms with Gasteiger partial charge in [0.2, 0.25) is 5.96 Å². The molecule has 6 nitrogen and oxygen atoms in total. The lowest BCUT2D eigenvalue weighted by Crippen LogP contribution is -2.22. The first-order chi connectivity index (χ1) is 14.4. The highest BCUT2D eigenvalue weighted by atomic mass is 35.5. The van der Waals surface area contributed by atoms with Crippen molar-refractivity contribution in [2.75, 3.05) is 5.43 Å². The summed E-state index contributed by atoms with van der Waals surface area (Å²) in [5.41, 5.74) is 20.2. The van der Waals surface area contributed by atoms with E-state index in [9.17, 15) is 0 Å². The highest BCUT2D eigenvalue weighted by molar-refractivity contribution is 6.33. The van der Waals surface area contributed by atoms with E-state index < -0.39 is 0 Å². The number of anilines is 1. The monoisotopic (exact) mass is 454 g/mol. The number of nitrogens with two attached hydrogens (primary N) is 2. The van der Waals surface area contributed by atoms with E-state index in [1.807, 2.05) is 74.5 Å². The predicted octanol–water partition coefficient (Wildman–Crippen LogP) is 5.26. The third-order valence-corrected chi connectivity index (χ3v) is 4.80. The van der Waals surface area contributed by atoms with Crippen molar-refractivity contribution in [1.82, 2.24) is 0 Å². The summed E-state index contributed by atoms with van der Waals surface area (Å²) in [5.74, 6) is -0.0630. The first-order valence-electron chi connectivity index (χ1n) is 9.33. The average Bonchev–Trinajstić information content (AvgIpc) is 2.77. The molecular formula is C23H24Cl2N6. The summed E-state index contributed by atoms with van der Waals surface area (Å²) in [6, 6.07) is 23.8. The molecule has 0 saturated heterocycles. The molecule has 0 fully saturated rings. The van der Waals surface area contributed by atoms with Gasteiger partial charge in [0.15, 0.2) is 0 Å². The van der Waals surface area contributed by atoms with Crippen molar-refractivity contribution in [1.29, 1.82) is 0 Å². The molecule has 0 amide bonds. The van der Waals surface area contributed by atoms with Crippen molar-refractivity contribution in [3.8, 4) is 11.1 Å². The maximum absolute atomic E-state index is 6.15. The topological polar surface area (TPSA) is 101 Å². The van der Waals surface area contributed by atoms with Gasteiger partial charge < -0.3 is 11.5 Å². The molecule has 5 N–H and O–H groups in total. The number of guanidine groups is 1. The Bertz CT molecular complexity index is 1100. The van der Waals surface area contributed by atoms with Crippen LogP contribution in [0.1, 0.15) is 25.0 Å². The standard InChI is InChI=1S/C23H23ClN6.ClH/c1-15(27-29-22-6-4-3-5-21(22)24)17-7-11-19(12-8-17)20-13-9-18(10-14-20)16(2)28-30-23(25)26;/h3-14,29H,1-2H3,(H4,25,26,30);1H/b27-15+,28-16+;. The van der Waals surface area contributed by atoms with Gasteiger partial charge in [0, 0.05) is 0 Å². The van der Waals surface area contributed by atoms with E-state index in [0.717, 1.165) is 39.4 Å². The Morgan fingerprint density at radius 3 is 1.77 bits per heavy atom. The molecule has 31 heavy (non-hydrogen) atoms. The fraction of sp³-hybridized carbons (Fsp3) is 0.0870. The highest BCUT2D eigenvalue weighted by Crippen LogP contribution is 2.22. The van der Waals surface area contributed by atoms with Crippen LogP contribution >= 0.6 is 24.0 Å². The van der Waals surface area contributed by atoms with Gasteiger partial charge in [0.25, 0.3) is 0 Å². The molecule has 160 valence electrons. The van der Waals surface area contributed by atoms with Crippen LogP contribution in [0.4, 0.5) is 5.69 Å². The Kier molecular flexibility index (Phi) is 8.61. The van der Waals surface area contributed by atoms with Crippen LogP contribution in [-0.2, 0) is 0 Å². The predicted molar refractivity (Wildman–Crippen MR) is 134 cm³/mol. The van der Waals surface area contributed by atoms with Crippen molar-refractivity contribution in [3.63, 3.8) is 0 Å². The molecule has 0 aromatic heterocycles. The van der Waals surface area contributed by atoms with Crippen LogP contribution in [0.5, 0.6) is 0 Å². The lowest BCUT2D eigenvalue weighted by molar-refractivity contribution is 1.20. The second-order valence-corrected chi connectivity index (χ2v) is 7.06. The summed E-state index contributed by atoms with van der Waals surface area (Å²) in [6.45, 7) is 3.81. The average molecular weight is 455 g/mol. The highest BCUT2D eigenvalue weighted by Gasteiger charge is 2.03. The Balaban J connectivity index is 0.00000341. The Morgan fingerprint density at radius 1 is 0.742 bits per heavy atom. The van der Waals surface area contributed by atoms with Crippen molar-refractivity contribution >= 4 is 47.1 Å². The zero-order valence-electron chi connectivity index (χ0n) is 17.2. The van der Waals surface area contributed by atoms with E-state index >= 15 is 0 Å². The van der Waals surface area contributed by atoms with Gasteiger partial charge in [0.05, 0.1) is 22.1 Å². The van der Waals surface area contributed by atoms with Crippen LogP contribution in [0.25, 0.3) is 11.1 Å². The van der Waals surface area contributed by atoms with Crippen molar-refractivity contribution in [3.05, 3.63) is 88.9 Å². The van der Waals surface area contributed by atoms with Crippen molar-refractivity contribution in [2.45, 2.75) is 13.8 Å². The van der Waals surface area contributed by atoms with Crippen molar-refractivity contribution < 1.29 is 0 Å². The van der Waals surface area contributed by atoms with E-state index in [1.165, 1.54) is 0 Å². The first-order valence-corrected chi connectivity index (χ1v) is 9.71. The normalized spacial score (nSPS) is 11.5. The Labute approximate surface area is 193 Å². The second-order valence-electron chi connectivity index (χ2n) is 6.65. The number of halogens is 2. The van der Waals surface area contributed by atoms with Gasteiger partial charge in [-0.15, -0.1) is 17.5 Å². The van der Waals surface area contributed by atoms with Gasteiger partial charge in [-0.05, 0) is 48.2 Å². The Hall–Kier alpha value is -3.35. The SMILES string of the molecule is C/C(=N\N=C(N)N)c1ccc(-c2ccc(/C(C)=N/Nc3ccccc3Cl)cc2)cc1.Cl. The summed E-state index contributed by atoms with van der Waals surface area (Å²) in [5, 5.41) is 12.7. The molecule has 3 rings (SSSR count). The maximum atomic E-state index is 6.15. The molecule has 3 aromatic carbocycles. The van der Waals surface area contributed by atoms with Crippen LogP contribution in [0.15, 0.2) is 88.1 Å². The van der Waals surface area contributed by atoms with Gasteiger partial charge in [-0.3, -0.25) is 5.43 Å². The number of rotatable bonds is 6. The van der Waals surface area contributed by atoms with Gasteiger partial charge in [-0.1, -0.05) is 72.3 Å². The quantitative estimate of drug-likeness (QED) is 0.268. The molecule has 8 heteroatoms. The van der Waals surface area contributed by atoms with E-state index in [0.29, 0.717) is 5.02 Å². The third kappa shape index (κ3) is 6.57. The van der Waals surface area contributed by atoms with E-state index in [1.54, 1.807) is 0 Å². The molecule has 0 saturated carbocycles. The molecule has 0 aliphatic heterocycles. The fourth-order valence-electron chi connectivity index (χ4n) is 2.76. The number of para-hydroxylation sites is 1. The largest absolute Gasteiger partial charge is 0.369 e. The van der Waals surface area contributed by atoms with Crippen LogP contribution in [0, 0.1) is 0 Å². The number of nitrogens with zero attached hydrogens (tertiary/aromatic N) is 3. The molecule has 0 spiro atoms. The van der Waals surface area contributed by atoms with Crippen LogP contribution < -0.4 is 16.9 Å². The molecule has 0 aliphatic rings. The summed E-state index contributed by atoms with van der Waals surface area (Å²) in [4.78, 5) is 0. The zero-order chi connectivity index (χ0) is 21.5. The summed E-state index contributed by atoms with van der Waals surface area (Å²) < 4.78 is 0. The van der Waals surface area contributed by atoms with Crippen LogP contribution in [0.3, 0.4) is 0 Å². The lowest BCUT2D eigenvalue weighted by Gasteiger charge is -2.07. The third-order valence-electron chi connectivity index (χ3n) is 4.47. The van der Waals surface area contributed by atoms with Gasteiger partial charge in [-0.25, -0.2) is 0 Å². The minimum atomic E-state index is -0.0630. The van der Waals surface area contributed by atoms with Crippen LogP contribution in [0.2, 0.25) is 5.02 Å². The fourth-order valence-corrected chi connectivity index (χ4v) is 2.94. The smallest absolute Gasteiger partial charge is 0.211 e. The molecule has 0 heterocycles. The van der Waals surface area contributed by atoms with E-state index in [4.69, 9.17) is 23.1 Å².